The fourth-order valence-corrected chi connectivity index (χ4v) is 9.44. The minimum absolute atomic E-state index is 0.851. The Bertz CT molecular complexity index is 3590. The maximum atomic E-state index is 6.84. The maximum Gasteiger partial charge on any atom is 0.143 e. The van der Waals surface area contributed by atoms with Gasteiger partial charge in [0.1, 0.15) is 11.2 Å². The van der Waals surface area contributed by atoms with E-state index in [4.69, 9.17) is 4.42 Å². The first-order chi connectivity index (χ1) is 29.8. The van der Waals surface area contributed by atoms with Gasteiger partial charge < -0.3 is 9.32 Å². The summed E-state index contributed by atoms with van der Waals surface area (Å²) in [5, 5.41) is 12.2. The lowest BCUT2D eigenvalue weighted by molar-refractivity contribution is 0.670. The van der Waals surface area contributed by atoms with Crippen LogP contribution in [0.1, 0.15) is 0 Å². The Morgan fingerprint density at radius 1 is 0.300 bits per heavy atom. The fraction of sp³-hybridized carbons (Fsp3) is 0. The van der Waals surface area contributed by atoms with Crippen LogP contribution in [-0.4, -0.2) is 0 Å². The van der Waals surface area contributed by atoms with Crippen LogP contribution >= 0.6 is 0 Å². The molecule has 2 heteroatoms. The predicted molar refractivity (Wildman–Crippen MR) is 255 cm³/mol. The SMILES string of the molecule is c1ccc(-c2cccc(N(c3ccccc3-c3ccc4ccc5ccc6ccc7ccccc7c6c5c4c3)c3cccc4oc5c(-c6ccccc6)cccc5c34)c2)cc1. The van der Waals surface area contributed by atoms with E-state index in [1.807, 2.05) is 0 Å². The van der Waals surface area contributed by atoms with Gasteiger partial charge in [0.25, 0.3) is 0 Å². The molecule has 0 spiro atoms. The Morgan fingerprint density at radius 2 is 0.867 bits per heavy atom. The molecule has 1 heterocycles. The highest BCUT2D eigenvalue weighted by Crippen LogP contribution is 2.48. The summed E-state index contributed by atoms with van der Waals surface area (Å²) in [5.74, 6) is 0. The quantitative estimate of drug-likeness (QED) is 0.157. The Labute approximate surface area is 347 Å². The van der Waals surface area contributed by atoms with Gasteiger partial charge in [-0.05, 0) is 102 Å². The molecule has 0 aliphatic carbocycles. The van der Waals surface area contributed by atoms with Crippen molar-refractivity contribution < 1.29 is 4.42 Å². The third-order valence-corrected chi connectivity index (χ3v) is 12.2. The first kappa shape index (κ1) is 34.1. The van der Waals surface area contributed by atoms with Gasteiger partial charge in [-0.15, -0.1) is 0 Å². The number of nitrogens with zero attached hydrogens (tertiary/aromatic N) is 1. The highest BCUT2D eigenvalue weighted by molar-refractivity contribution is 6.28. The molecule has 0 saturated carbocycles. The van der Waals surface area contributed by atoms with Crippen molar-refractivity contribution in [3.63, 3.8) is 0 Å². The average Bonchev–Trinajstić information content (AvgIpc) is 3.72. The number of hydrogen-bond donors (Lipinski definition) is 0. The lowest BCUT2D eigenvalue weighted by atomic mass is 9.91. The summed E-state index contributed by atoms with van der Waals surface area (Å²) >= 11 is 0. The van der Waals surface area contributed by atoms with Crippen molar-refractivity contribution in [3.05, 3.63) is 224 Å². The number of rotatable bonds is 6. The standard InChI is InChI=1S/C58H37NO/c1-3-14-38(15-4-1)44-19-11-20-46(36-44)59(53-26-13-27-54-57(53)50-24-12-23-49(58(50)60-54)39-16-5-2-6-17-39)52-25-10-9-21-47(52)45-35-30-41-29-32-43-34-33-42-31-28-40-18-7-8-22-48(40)55(42)56(43)51(41)37-45/h1-37H. The van der Waals surface area contributed by atoms with Gasteiger partial charge in [0, 0.05) is 22.2 Å². The van der Waals surface area contributed by atoms with Crippen LogP contribution < -0.4 is 4.90 Å². The predicted octanol–water partition coefficient (Wildman–Crippen LogP) is 16.7. The van der Waals surface area contributed by atoms with Gasteiger partial charge in [0.15, 0.2) is 0 Å². The van der Waals surface area contributed by atoms with Gasteiger partial charge in [-0.2, -0.15) is 0 Å². The van der Waals surface area contributed by atoms with Crippen LogP contribution in [0, 0.1) is 0 Å². The number of hydrogen-bond acceptors (Lipinski definition) is 2. The zero-order chi connectivity index (χ0) is 39.6. The lowest BCUT2D eigenvalue weighted by Gasteiger charge is -2.29. The molecule has 0 fully saturated rings. The minimum Gasteiger partial charge on any atom is -0.455 e. The van der Waals surface area contributed by atoms with E-state index in [2.05, 4.69) is 229 Å². The summed E-state index contributed by atoms with van der Waals surface area (Å²) in [4.78, 5) is 2.43. The van der Waals surface area contributed by atoms with Crippen molar-refractivity contribution in [1.29, 1.82) is 0 Å². The third-order valence-electron chi connectivity index (χ3n) is 12.2. The van der Waals surface area contributed by atoms with E-state index in [0.29, 0.717) is 0 Å². The monoisotopic (exact) mass is 763 g/mol. The average molecular weight is 764 g/mol. The Kier molecular flexibility index (Phi) is 7.89. The molecule has 0 aliphatic rings. The van der Waals surface area contributed by atoms with Crippen LogP contribution in [0.15, 0.2) is 229 Å². The summed E-state index contributed by atoms with van der Waals surface area (Å²) < 4.78 is 6.84. The number of benzene rings is 11. The summed E-state index contributed by atoms with van der Waals surface area (Å²) in [5.41, 5.74) is 11.8. The second-order valence-electron chi connectivity index (χ2n) is 15.6. The summed E-state index contributed by atoms with van der Waals surface area (Å²) in [6.07, 6.45) is 0. The number of furan rings is 1. The lowest BCUT2D eigenvalue weighted by Crippen LogP contribution is -2.11. The molecule has 0 atom stereocenters. The van der Waals surface area contributed by atoms with E-state index < -0.39 is 0 Å². The van der Waals surface area contributed by atoms with Crippen molar-refractivity contribution in [2.75, 3.05) is 4.90 Å². The van der Waals surface area contributed by atoms with E-state index >= 15 is 0 Å². The molecule has 12 rings (SSSR count). The first-order valence-electron chi connectivity index (χ1n) is 20.6. The molecular formula is C58H37NO. The number of anilines is 3. The van der Waals surface area contributed by atoms with Crippen LogP contribution in [0.25, 0.3) is 98.4 Å². The van der Waals surface area contributed by atoms with Gasteiger partial charge >= 0.3 is 0 Å². The van der Waals surface area contributed by atoms with Crippen molar-refractivity contribution in [3.8, 4) is 33.4 Å². The molecule has 60 heavy (non-hydrogen) atoms. The van der Waals surface area contributed by atoms with Gasteiger partial charge in [0.2, 0.25) is 0 Å². The summed E-state index contributed by atoms with van der Waals surface area (Å²) in [6.45, 7) is 0. The van der Waals surface area contributed by atoms with E-state index in [9.17, 15) is 0 Å². The number of para-hydroxylation sites is 2. The van der Waals surface area contributed by atoms with Crippen molar-refractivity contribution in [2.45, 2.75) is 0 Å². The van der Waals surface area contributed by atoms with Crippen LogP contribution in [0.3, 0.4) is 0 Å². The highest BCUT2D eigenvalue weighted by atomic mass is 16.3. The minimum atomic E-state index is 0.851. The van der Waals surface area contributed by atoms with Crippen LogP contribution in [-0.2, 0) is 0 Å². The maximum absolute atomic E-state index is 6.84. The van der Waals surface area contributed by atoms with E-state index in [0.717, 1.165) is 66.8 Å². The molecule has 0 radical (unpaired) electrons. The normalized spacial score (nSPS) is 11.7. The molecule has 0 saturated heterocycles. The molecule has 0 aliphatic heterocycles. The van der Waals surface area contributed by atoms with Gasteiger partial charge in [-0.25, -0.2) is 0 Å². The zero-order valence-corrected chi connectivity index (χ0v) is 32.7. The summed E-state index contributed by atoms with van der Waals surface area (Å²) in [7, 11) is 0. The molecule has 12 aromatic rings. The topological polar surface area (TPSA) is 16.4 Å². The van der Waals surface area contributed by atoms with Crippen molar-refractivity contribution >= 4 is 82.1 Å². The Hall–Kier alpha value is -7.94. The molecular weight excluding hydrogens is 727 g/mol. The van der Waals surface area contributed by atoms with Crippen molar-refractivity contribution in [1.82, 2.24) is 0 Å². The molecule has 2 nitrogen and oxygen atoms in total. The second kappa shape index (κ2) is 13.9. The fourth-order valence-electron chi connectivity index (χ4n) is 9.44. The van der Waals surface area contributed by atoms with Gasteiger partial charge in [-0.3, -0.25) is 0 Å². The molecule has 0 unspecified atom stereocenters. The van der Waals surface area contributed by atoms with E-state index in [1.165, 1.54) is 48.7 Å². The second-order valence-corrected chi connectivity index (χ2v) is 15.6. The van der Waals surface area contributed by atoms with Gasteiger partial charge in [0.05, 0.1) is 16.8 Å². The van der Waals surface area contributed by atoms with Crippen LogP contribution in [0.4, 0.5) is 17.1 Å². The van der Waals surface area contributed by atoms with Crippen molar-refractivity contribution in [2.24, 2.45) is 0 Å². The smallest absolute Gasteiger partial charge is 0.143 e. The molecule has 1 aromatic heterocycles. The third kappa shape index (κ3) is 5.50. The van der Waals surface area contributed by atoms with Gasteiger partial charge in [-0.1, -0.05) is 188 Å². The zero-order valence-electron chi connectivity index (χ0n) is 32.7. The largest absolute Gasteiger partial charge is 0.455 e. The molecule has 280 valence electrons. The molecule has 0 N–H and O–H groups in total. The highest BCUT2D eigenvalue weighted by Gasteiger charge is 2.23. The van der Waals surface area contributed by atoms with E-state index in [1.54, 1.807) is 0 Å². The number of fused-ring (bicyclic) bond motifs is 10. The first-order valence-corrected chi connectivity index (χ1v) is 20.6. The van der Waals surface area contributed by atoms with E-state index in [-0.39, 0.29) is 0 Å². The summed E-state index contributed by atoms with van der Waals surface area (Å²) in [6, 6.07) is 81.2. The molecule has 0 bridgehead atoms. The molecule has 11 aromatic carbocycles. The van der Waals surface area contributed by atoms with Crippen LogP contribution in [0.5, 0.6) is 0 Å². The van der Waals surface area contributed by atoms with Crippen LogP contribution in [0.2, 0.25) is 0 Å². The Morgan fingerprint density at radius 3 is 1.68 bits per heavy atom. The Balaban J connectivity index is 1.13. The molecule has 0 amide bonds.